The van der Waals surface area contributed by atoms with Crippen LogP contribution in [0.4, 0.5) is 0 Å². The molecule has 0 radical (unpaired) electrons. The molecule has 138 valence electrons. The minimum Gasteiger partial charge on any atom is -0.467 e. The van der Waals surface area contributed by atoms with Crippen molar-refractivity contribution in [3.05, 3.63) is 71.8 Å². The summed E-state index contributed by atoms with van der Waals surface area (Å²) >= 11 is 0. The van der Waals surface area contributed by atoms with Gasteiger partial charge in [0.05, 0.1) is 14.2 Å². The molecule has 0 amide bonds. The minimum atomic E-state index is -3.24. The average Bonchev–Trinajstić information content (AvgIpc) is 2.70. The van der Waals surface area contributed by atoms with Crippen molar-refractivity contribution in [3.63, 3.8) is 0 Å². The smallest absolute Gasteiger partial charge is 0.340 e. The molecule has 0 N–H and O–H groups in total. The first-order valence-electron chi connectivity index (χ1n) is 7.69. The lowest BCUT2D eigenvalue weighted by Gasteiger charge is -2.19. The zero-order valence-electron chi connectivity index (χ0n) is 14.3. The highest BCUT2D eigenvalue weighted by atomic mass is 31.1. The summed E-state index contributed by atoms with van der Waals surface area (Å²) in [6, 6.07) is 16.9. The molecule has 0 aliphatic heterocycles. The molecular weight excluding hydrogens is 359 g/mol. The maximum atomic E-state index is 12.4. The first-order chi connectivity index (χ1) is 12.6. The van der Waals surface area contributed by atoms with E-state index in [4.69, 9.17) is 18.5 Å². The molecular formula is C18H19O7P. The molecule has 0 aliphatic carbocycles. The summed E-state index contributed by atoms with van der Waals surface area (Å²) in [5, 5.41) is 0. The van der Waals surface area contributed by atoms with Gasteiger partial charge in [-0.25, -0.2) is 9.59 Å². The average molecular weight is 378 g/mol. The van der Waals surface area contributed by atoms with E-state index in [1.54, 1.807) is 60.7 Å². The van der Waals surface area contributed by atoms with Gasteiger partial charge in [0.1, 0.15) is 0 Å². The molecule has 2 atom stereocenters. The summed E-state index contributed by atoms with van der Waals surface area (Å²) in [6.45, 7) is 0. The standard InChI is InChI=1S/C18H19O7P/c1-22-17(19)15(13-9-5-3-6-10-13)24-26(21)25-16(18(20)23-2)14-11-7-4-8-12-14/h3-12,15-16,26H,1-2H3. The highest BCUT2D eigenvalue weighted by Crippen LogP contribution is 2.39. The van der Waals surface area contributed by atoms with Crippen LogP contribution in [0.3, 0.4) is 0 Å². The topological polar surface area (TPSA) is 88.1 Å². The van der Waals surface area contributed by atoms with Crippen LogP contribution in [0.15, 0.2) is 60.7 Å². The van der Waals surface area contributed by atoms with Gasteiger partial charge in [0.2, 0.25) is 0 Å². The van der Waals surface area contributed by atoms with Gasteiger partial charge in [-0.05, 0) is 11.1 Å². The van der Waals surface area contributed by atoms with E-state index in [1.165, 1.54) is 14.2 Å². The van der Waals surface area contributed by atoms with Crippen LogP contribution in [0.2, 0.25) is 0 Å². The van der Waals surface area contributed by atoms with E-state index in [0.717, 1.165) is 0 Å². The van der Waals surface area contributed by atoms with Crippen molar-refractivity contribution in [3.8, 4) is 0 Å². The van der Waals surface area contributed by atoms with Crippen molar-refractivity contribution < 1.29 is 32.7 Å². The molecule has 0 bridgehead atoms. The van der Waals surface area contributed by atoms with Gasteiger partial charge >= 0.3 is 20.2 Å². The number of methoxy groups -OCH3 is 2. The number of carbonyl (C=O) groups is 2. The van der Waals surface area contributed by atoms with Crippen LogP contribution in [0.5, 0.6) is 0 Å². The van der Waals surface area contributed by atoms with Gasteiger partial charge < -0.3 is 9.47 Å². The molecule has 0 aromatic heterocycles. The van der Waals surface area contributed by atoms with Crippen LogP contribution in [-0.4, -0.2) is 26.2 Å². The molecule has 2 aromatic carbocycles. The first kappa shape index (κ1) is 19.8. The molecule has 2 unspecified atom stereocenters. The largest absolute Gasteiger partial charge is 0.467 e. The Bertz CT molecular complexity index is 685. The normalized spacial score (nSPS) is 14.1. The van der Waals surface area contributed by atoms with Gasteiger partial charge in [0.25, 0.3) is 0 Å². The van der Waals surface area contributed by atoms with Crippen molar-refractivity contribution >= 4 is 20.2 Å². The Balaban J connectivity index is 2.17. The van der Waals surface area contributed by atoms with E-state index in [2.05, 4.69) is 0 Å². The van der Waals surface area contributed by atoms with E-state index in [-0.39, 0.29) is 0 Å². The van der Waals surface area contributed by atoms with E-state index in [9.17, 15) is 14.2 Å². The Morgan fingerprint density at radius 1 is 0.731 bits per heavy atom. The SMILES string of the molecule is COC(=O)C(O[PH](=O)OC(C(=O)OC)c1ccccc1)c1ccccc1. The van der Waals surface area contributed by atoms with Gasteiger partial charge in [-0.2, -0.15) is 0 Å². The number of benzene rings is 2. The number of hydrogen-bond acceptors (Lipinski definition) is 7. The van der Waals surface area contributed by atoms with Gasteiger partial charge in [0.15, 0.2) is 12.2 Å². The lowest BCUT2D eigenvalue weighted by Crippen LogP contribution is -2.18. The molecule has 0 saturated heterocycles. The van der Waals surface area contributed by atoms with Crippen LogP contribution in [0, 0.1) is 0 Å². The zero-order valence-corrected chi connectivity index (χ0v) is 15.3. The van der Waals surface area contributed by atoms with E-state index < -0.39 is 32.4 Å². The Labute approximate surface area is 151 Å². The number of ether oxygens (including phenoxy) is 2. The third kappa shape index (κ3) is 5.26. The molecule has 0 saturated carbocycles. The number of carbonyl (C=O) groups excluding carboxylic acids is 2. The summed E-state index contributed by atoms with van der Waals surface area (Å²) in [5.74, 6) is -1.46. The molecule has 26 heavy (non-hydrogen) atoms. The fourth-order valence-corrected chi connectivity index (χ4v) is 3.10. The number of rotatable bonds is 8. The molecule has 0 fully saturated rings. The first-order valence-corrected chi connectivity index (χ1v) is 8.92. The summed E-state index contributed by atoms with van der Waals surface area (Å²) in [7, 11) is -0.851. The molecule has 0 spiro atoms. The van der Waals surface area contributed by atoms with E-state index >= 15 is 0 Å². The summed E-state index contributed by atoms with van der Waals surface area (Å²) in [6.07, 6.45) is -2.47. The van der Waals surface area contributed by atoms with Crippen LogP contribution in [0.25, 0.3) is 0 Å². The van der Waals surface area contributed by atoms with E-state index in [1.807, 2.05) is 0 Å². The van der Waals surface area contributed by atoms with Crippen molar-refractivity contribution in [2.75, 3.05) is 14.2 Å². The fourth-order valence-electron chi connectivity index (χ4n) is 2.19. The highest BCUT2D eigenvalue weighted by molar-refractivity contribution is 7.33. The quantitative estimate of drug-likeness (QED) is 0.515. The summed E-state index contributed by atoms with van der Waals surface area (Å²) < 4.78 is 32.3. The lowest BCUT2D eigenvalue weighted by molar-refractivity contribution is -0.151. The van der Waals surface area contributed by atoms with Crippen molar-refractivity contribution in [1.82, 2.24) is 0 Å². The van der Waals surface area contributed by atoms with Crippen LogP contribution < -0.4 is 0 Å². The maximum absolute atomic E-state index is 12.4. The molecule has 7 nitrogen and oxygen atoms in total. The van der Waals surface area contributed by atoms with Gasteiger partial charge in [-0.15, -0.1) is 0 Å². The number of esters is 2. The molecule has 0 heterocycles. The van der Waals surface area contributed by atoms with Crippen LogP contribution >= 0.6 is 8.25 Å². The third-order valence-electron chi connectivity index (χ3n) is 3.46. The predicted molar refractivity (Wildman–Crippen MR) is 93.6 cm³/mol. The molecule has 2 rings (SSSR count). The molecule has 2 aromatic rings. The van der Waals surface area contributed by atoms with Gasteiger partial charge in [-0.1, -0.05) is 60.7 Å². The third-order valence-corrected chi connectivity index (χ3v) is 4.32. The predicted octanol–water partition coefficient (Wildman–Crippen LogP) is 3.24. The maximum Gasteiger partial charge on any atom is 0.340 e. The number of hydrogen-bond donors (Lipinski definition) is 0. The van der Waals surface area contributed by atoms with Crippen LogP contribution in [-0.2, 0) is 32.7 Å². The van der Waals surface area contributed by atoms with Crippen molar-refractivity contribution in [1.29, 1.82) is 0 Å². The summed E-state index contributed by atoms with van der Waals surface area (Å²) in [4.78, 5) is 24.0. The summed E-state index contributed by atoms with van der Waals surface area (Å²) in [5.41, 5.74) is 0.909. The van der Waals surface area contributed by atoms with Gasteiger partial charge in [0, 0.05) is 0 Å². The second-order valence-corrected chi connectivity index (χ2v) is 6.08. The Kier molecular flexibility index (Phi) is 7.53. The van der Waals surface area contributed by atoms with Crippen molar-refractivity contribution in [2.45, 2.75) is 12.2 Å². The second kappa shape index (κ2) is 9.87. The monoisotopic (exact) mass is 378 g/mol. The fraction of sp³-hybridized carbons (Fsp3) is 0.222. The Morgan fingerprint density at radius 2 is 1.08 bits per heavy atom. The zero-order chi connectivity index (χ0) is 18.9. The van der Waals surface area contributed by atoms with E-state index in [0.29, 0.717) is 11.1 Å². The van der Waals surface area contributed by atoms with Crippen LogP contribution in [0.1, 0.15) is 23.3 Å². The van der Waals surface area contributed by atoms with Gasteiger partial charge in [-0.3, -0.25) is 13.6 Å². The highest BCUT2D eigenvalue weighted by Gasteiger charge is 2.29. The second-order valence-electron chi connectivity index (χ2n) is 5.11. The minimum absolute atomic E-state index is 0.454. The Morgan fingerprint density at radius 3 is 1.38 bits per heavy atom. The molecule has 8 heteroatoms. The van der Waals surface area contributed by atoms with Crippen molar-refractivity contribution in [2.24, 2.45) is 0 Å². The Hall–Kier alpha value is -2.47. The molecule has 0 aliphatic rings. The lowest BCUT2D eigenvalue weighted by atomic mass is 10.1.